The number of aliphatic hydroxyl groups is 2. The summed E-state index contributed by atoms with van der Waals surface area (Å²) in [5.41, 5.74) is 4.09. The van der Waals surface area contributed by atoms with Crippen LogP contribution >= 0.6 is 15.9 Å². The van der Waals surface area contributed by atoms with E-state index in [-0.39, 0.29) is 10.6 Å². The number of benzene rings is 1. The molecule has 18 heavy (non-hydrogen) atoms. The second-order valence-electron chi connectivity index (χ2n) is 4.81. The highest BCUT2D eigenvalue weighted by atomic mass is 79.9. The smallest absolute Gasteiger partial charge is 0.212 e. The minimum Gasteiger partial charge on any atom is -0.343 e. The molecule has 4 nitrogen and oxygen atoms in total. The van der Waals surface area contributed by atoms with E-state index in [4.69, 9.17) is 0 Å². The van der Waals surface area contributed by atoms with E-state index in [1.165, 1.54) is 0 Å². The lowest BCUT2D eigenvalue weighted by molar-refractivity contribution is -1.01. The summed E-state index contributed by atoms with van der Waals surface area (Å²) in [6.45, 7) is 7.29. The Kier molecular flexibility index (Phi) is 5.16. The Bertz CT molecular complexity index is 355. The first kappa shape index (κ1) is 15.4. The zero-order chi connectivity index (χ0) is 13.9. The summed E-state index contributed by atoms with van der Waals surface area (Å²) >= 11 is 3.38. The lowest BCUT2D eigenvalue weighted by Crippen LogP contribution is -2.66. The van der Waals surface area contributed by atoms with E-state index in [0.29, 0.717) is 0 Å². The van der Waals surface area contributed by atoms with Crippen molar-refractivity contribution < 1.29 is 14.8 Å². The minimum absolute atomic E-state index is 0.00162. The fraction of sp³-hybridized carbons (Fsp3) is 0.538. The van der Waals surface area contributed by atoms with Crippen LogP contribution in [0.2, 0.25) is 0 Å². The van der Waals surface area contributed by atoms with Gasteiger partial charge in [0.15, 0.2) is 0 Å². The molecule has 2 unspecified atom stereocenters. The Labute approximate surface area is 117 Å². The van der Waals surface area contributed by atoms with Crippen LogP contribution < -0.4 is 5.43 Å². The van der Waals surface area contributed by atoms with Gasteiger partial charge in [0.1, 0.15) is 6.04 Å². The Morgan fingerprint density at radius 3 is 1.78 bits per heavy atom. The zero-order valence-electron chi connectivity index (χ0n) is 11.3. The summed E-state index contributed by atoms with van der Waals surface area (Å²) in [4.78, 5) is 0. The first-order valence-corrected chi connectivity index (χ1v) is 6.88. The number of nitrogens with one attached hydrogen (secondary N) is 1. The van der Waals surface area contributed by atoms with Crippen LogP contribution in [0, 0.1) is 0 Å². The molecular formula is C13H22BrN2O2+. The van der Waals surface area contributed by atoms with Gasteiger partial charge in [0.2, 0.25) is 12.5 Å². The Balaban J connectivity index is 3.08. The maximum absolute atomic E-state index is 10.1. The number of rotatable bonds is 5. The molecule has 0 aliphatic heterocycles. The number of anilines is 1. The third-order valence-electron chi connectivity index (χ3n) is 3.26. The molecule has 0 heterocycles. The standard InChI is InChI=1S/C13H22BrN2O2/c1-9(2)16(10(3)17,11(4)18)15-13-7-5-12(14)6-8-13/h5-11,15,17-18H,1-4H3/q+1. The van der Waals surface area contributed by atoms with Crippen LogP contribution in [0.25, 0.3) is 0 Å². The fourth-order valence-corrected chi connectivity index (χ4v) is 2.50. The molecule has 0 saturated carbocycles. The normalized spacial score (nSPS) is 18.2. The lowest BCUT2D eigenvalue weighted by atomic mass is 10.2. The number of aliphatic hydroxyl groups excluding tert-OH is 2. The molecule has 0 amide bonds. The number of halogens is 1. The molecule has 1 aromatic carbocycles. The van der Waals surface area contributed by atoms with Crippen molar-refractivity contribution in [1.82, 2.24) is 0 Å². The molecule has 1 aromatic rings. The number of quaternary nitrogens is 1. The van der Waals surface area contributed by atoms with Crippen LogP contribution in [-0.4, -0.2) is 33.3 Å². The lowest BCUT2D eigenvalue weighted by Gasteiger charge is -2.45. The van der Waals surface area contributed by atoms with Gasteiger partial charge in [-0.15, -0.1) is 0 Å². The molecule has 0 spiro atoms. The number of nitrogens with zero attached hydrogens (tertiary/aromatic N) is 1. The fourth-order valence-electron chi connectivity index (χ4n) is 2.24. The van der Waals surface area contributed by atoms with Gasteiger partial charge >= 0.3 is 0 Å². The second-order valence-corrected chi connectivity index (χ2v) is 5.73. The Hall–Kier alpha value is -0.620. The molecule has 0 saturated heterocycles. The molecule has 0 aliphatic rings. The molecule has 5 heteroatoms. The molecule has 0 radical (unpaired) electrons. The first-order valence-electron chi connectivity index (χ1n) is 6.08. The largest absolute Gasteiger partial charge is 0.343 e. The van der Waals surface area contributed by atoms with Crippen molar-refractivity contribution in [3.05, 3.63) is 28.7 Å². The minimum atomic E-state index is -0.728. The van der Waals surface area contributed by atoms with Crippen LogP contribution in [0.1, 0.15) is 27.7 Å². The molecular weight excluding hydrogens is 296 g/mol. The predicted molar refractivity (Wildman–Crippen MR) is 76.5 cm³/mol. The highest BCUT2D eigenvalue weighted by molar-refractivity contribution is 9.10. The van der Waals surface area contributed by atoms with Gasteiger partial charge in [-0.1, -0.05) is 15.9 Å². The van der Waals surface area contributed by atoms with Gasteiger partial charge in [0.25, 0.3) is 0 Å². The van der Waals surface area contributed by atoms with Gasteiger partial charge in [-0.2, -0.15) is 4.59 Å². The van der Waals surface area contributed by atoms with Crippen LogP contribution in [0.3, 0.4) is 0 Å². The van der Waals surface area contributed by atoms with Crippen molar-refractivity contribution in [2.75, 3.05) is 5.43 Å². The second kappa shape index (κ2) is 6.02. The first-order chi connectivity index (χ1) is 8.30. The van der Waals surface area contributed by atoms with E-state index in [2.05, 4.69) is 21.4 Å². The molecule has 3 N–H and O–H groups in total. The van der Waals surface area contributed by atoms with Crippen LogP contribution in [-0.2, 0) is 0 Å². The number of hydrogen-bond acceptors (Lipinski definition) is 3. The van der Waals surface area contributed by atoms with Crippen molar-refractivity contribution in [3.63, 3.8) is 0 Å². The summed E-state index contributed by atoms with van der Waals surface area (Å²) in [5.74, 6) is 0. The SMILES string of the molecule is CC(C)[N+](Nc1ccc(Br)cc1)(C(C)O)C(C)O. The van der Waals surface area contributed by atoms with E-state index in [0.717, 1.165) is 10.2 Å². The molecule has 102 valence electrons. The Morgan fingerprint density at radius 1 is 1.00 bits per heavy atom. The monoisotopic (exact) mass is 317 g/mol. The van der Waals surface area contributed by atoms with Crippen molar-refractivity contribution in [2.24, 2.45) is 0 Å². The number of hydrogen-bond donors (Lipinski definition) is 3. The van der Waals surface area contributed by atoms with Crippen LogP contribution in [0.4, 0.5) is 5.69 Å². The molecule has 0 bridgehead atoms. The quantitative estimate of drug-likeness (QED) is 0.444. The average Bonchev–Trinajstić information content (AvgIpc) is 2.26. The molecule has 0 aliphatic carbocycles. The Morgan fingerprint density at radius 2 is 1.44 bits per heavy atom. The topological polar surface area (TPSA) is 52.5 Å². The van der Waals surface area contributed by atoms with Crippen molar-refractivity contribution >= 4 is 21.6 Å². The summed E-state index contributed by atoms with van der Waals surface area (Å²) < 4.78 is 0.992. The maximum Gasteiger partial charge on any atom is 0.212 e. The summed E-state index contributed by atoms with van der Waals surface area (Å²) in [7, 11) is 0. The molecule has 2 atom stereocenters. The van der Waals surface area contributed by atoms with E-state index in [1.54, 1.807) is 13.8 Å². The average molecular weight is 318 g/mol. The van der Waals surface area contributed by atoms with Gasteiger partial charge in [-0.25, -0.2) is 5.43 Å². The third-order valence-corrected chi connectivity index (χ3v) is 3.79. The van der Waals surface area contributed by atoms with Gasteiger partial charge in [0, 0.05) is 18.3 Å². The predicted octanol–water partition coefficient (Wildman–Crippen LogP) is 2.68. The molecule has 0 fully saturated rings. The maximum atomic E-state index is 10.1. The van der Waals surface area contributed by atoms with Gasteiger partial charge in [-0.05, 0) is 38.1 Å². The zero-order valence-corrected chi connectivity index (χ0v) is 12.8. The van der Waals surface area contributed by atoms with Gasteiger partial charge in [-0.3, -0.25) is 0 Å². The van der Waals surface area contributed by atoms with Crippen molar-refractivity contribution in [2.45, 2.75) is 46.2 Å². The van der Waals surface area contributed by atoms with Gasteiger partial charge < -0.3 is 10.2 Å². The third kappa shape index (κ3) is 3.03. The van der Waals surface area contributed by atoms with E-state index >= 15 is 0 Å². The van der Waals surface area contributed by atoms with Crippen LogP contribution in [0.15, 0.2) is 28.7 Å². The van der Waals surface area contributed by atoms with E-state index in [1.807, 2.05) is 38.1 Å². The molecule has 0 aromatic heterocycles. The van der Waals surface area contributed by atoms with Crippen LogP contribution in [0.5, 0.6) is 0 Å². The van der Waals surface area contributed by atoms with E-state index < -0.39 is 12.5 Å². The summed E-state index contributed by atoms with van der Waals surface area (Å²) in [6, 6.07) is 7.67. The summed E-state index contributed by atoms with van der Waals surface area (Å²) in [6.07, 6.45) is -1.46. The van der Waals surface area contributed by atoms with E-state index in [9.17, 15) is 10.2 Å². The molecule has 1 rings (SSSR count). The highest BCUT2D eigenvalue weighted by Crippen LogP contribution is 2.25. The highest BCUT2D eigenvalue weighted by Gasteiger charge is 2.42. The summed E-state index contributed by atoms with van der Waals surface area (Å²) in [5, 5.41) is 20.1. The van der Waals surface area contributed by atoms with Crippen molar-refractivity contribution in [1.29, 1.82) is 0 Å². The van der Waals surface area contributed by atoms with Gasteiger partial charge in [0.05, 0.1) is 5.69 Å². The van der Waals surface area contributed by atoms with Crippen molar-refractivity contribution in [3.8, 4) is 0 Å².